The molecule has 0 aromatic carbocycles. The van der Waals surface area contributed by atoms with E-state index in [1.807, 2.05) is 13.8 Å². The average Bonchev–Trinajstić information content (AvgIpc) is 3.05. The lowest BCUT2D eigenvalue weighted by Crippen LogP contribution is -2.51. The number of aryl methyl sites for hydroxylation is 2. The van der Waals surface area contributed by atoms with Crippen molar-refractivity contribution in [3.8, 4) is 0 Å². The van der Waals surface area contributed by atoms with Gasteiger partial charge in [0.15, 0.2) is 0 Å². The van der Waals surface area contributed by atoms with E-state index in [0.717, 1.165) is 41.6 Å². The summed E-state index contributed by atoms with van der Waals surface area (Å²) in [6, 6.07) is 0. The summed E-state index contributed by atoms with van der Waals surface area (Å²) in [5, 5.41) is 3.96. The summed E-state index contributed by atoms with van der Waals surface area (Å²) in [6.45, 7) is 7.15. The summed E-state index contributed by atoms with van der Waals surface area (Å²) in [4.78, 5) is 40.6. The van der Waals surface area contributed by atoms with Crippen molar-refractivity contribution in [3.63, 3.8) is 0 Å². The summed E-state index contributed by atoms with van der Waals surface area (Å²) in [7, 11) is 0. The van der Waals surface area contributed by atoms with Crippen LogP contribution < -0.4 is 0 Å². The summed E-state index contributed by atoms with van der Waals surface area (Å²) in [5.41, 5.74) is 2.00. The van der Waals surface area contributed by atoms with Crippen LogP contribution in [0.15, 0.2) is 4.52 Å². The number of rotatable bonds is 4. The van der Waals surface area contributed by atoms with Crippen LogP contribution in [0.4, 0.5) is 0 Å². The third kappa shape index (κ3) is 4.19. The molecule has 1 aromatic rings. The van der Waals surface area contributed by atoms with Gasteiger partial charge in [-0.05, 0) is 13.8 Å². The minimum atomic E-state index is -0.245. The number of likely N-dealkylation sites (tertiary alicyclic amines) is 1. The highest BCUT2D eigenvalue weighted by atomic mass is 35.5. The van der Waals surface area contributed by atoms with Gasteiger partial charge in [-0.25, -0.2) is 0 Å². The highest BCUT2D eigenvalue weighted by Crippen LogP contribution is 2.17. The molecule has 2 fully saturated rings. The van der Waals surface area contributed by atoms with Gasteiger partial charge in [0, 0.05) is 51.1 Å². The number of piperazine rings is 1. The van der Waals surface area contributed by atoms with E-state index in [4.69, 9.17) is 4.52 Å². The first-order valence-electron chi connectivity index (χ1n) is 8.21. The Morgan fingerprint density at radius 3 is 2.20 bits per heavy atom. The van der Waals surface area contributed by atoms with Crippen LogP contribution in [-0.4, -0.2) is 70.3 Å². The minimum Gasteiger partial charge on any atom is -0.361 e. The fraction of sp³-hybridized carbons (Fsp3) is 0.625. The molecule has 3 rings (SSSR count). The maximum absolute atomic E-state index is 12.3. The second kappa shape index (κ2) is 7.97. The predicted molar refractivity (Wildman–Crippen MR) is 91.0 cm³/mol. The van der Waals surface area contributed by atoms with E-state index >= 15 is 0 Å². The molecule has 0 spiro atoms. The van der Waals surface area contributed by atoms with Crippen molar-refractivity contribution in [2.45, 2.75) is 33.2 Å². The third-order valence-corrected chi connectivity index (χ3v) is 4.74. The fourth-order valence-electron chi connectivity index (χ4n) is 3.14. The quantitative estimate of drug-likeness (QED) is 0.717. The molecule has 0 N–H and O–H groups in total. The van der Waals surface area contributed by atoms with Gasteiger partial charge in [-0.2, -0.15) is 0 Å². The Kier molecular flexibility index (Phi) is 6.18. The van der Waals surface area contributed by atoms with Gasteiger partial charge >= 0.3 is 0 Å². The highest BCUT2D eigenvalue weighted by Gasteiger charge is 2.32. The zero-order valence-corrected chi connectivity index (χ0v) is 15.3. The lowest BCUT2D eigenvalue weighted by atomic mass is 10.2. The van der Waals surface area contributed by atoms with E-state index in [-0.39, 0.29) is 49.5 Å². The topological polar surface area (TPSA) is 87.0 Å². The Bertz CT molecular complexity index is 632. The number of halogens is 1. The fourth-order valence-corrected chi connectivity index (χ4v) is 3.14. The predicted octanol–water partition coefficient (Wildman–Crippen LogP) is 0.506. The second-order valence-corrected chi connectivity index (χ2v) is 6.33. The van der Waals surface area contributed by atoms with Gasteiger partial charge in [-0.3, -0.25) is 24.2 Å². The molecule has 0 saturated carbocycles. The van der Waals surface area contributed by atoms with Gasteiger partial charge in [0.25, 0.3) is 0 Å². The van der Waals surface area contributed by atoms with Crippen molar-refractivity contribution in [1.82, 2.24) is 19.9 Å². The molecule has 3 amide bonds. The number of hydrogen-bond acceptors (Lipinski definition) is 6. The first-order valence-corrected chi connectivity index (χ1v) is 8.21. The Hall–Kier alpha value is -1.93. The summed E-state index contributed by atoms with van der Waals surface area (Å²) < 4.78 is 5.18. The van der Waals surface area contributed by atoms with Gasteiger partial charge < -0.3 is 9.42 Å². The van der Waals surface area contributed by atoms with Gasteiger partial charge in [-0.1, -0.05) is 5.16 Å². The molecule has 2 aliphatic rings. The summed E-state index contributed by atoms with van der Waals surface area (Å²) in [6.07, 6.45) is 0.439. The van der Waals surface area contributed by atoms with Crippen LogP contribution in [0.1, 0.15) is 29.9 Å². The van der Waals surface area contributed by atoms with Crippen LogP contribution in [-0.2, 0) is 20.9 Å². The number of amides is 3. The highest BCUT2D eigenvalue weighted by molar-refractivity contribution is 6.04. The minimum absolute atomic E-state index is 0. The smallest absolute Gasteiger partial charge is 0.242 e. The van der Waals surface area contributed by atoms with E-state index in [0.29, 0.717) is 13.1 Å². The molecular formula is C16H23ClN4O4. The SMILES string of the molecule is Cc1noc(C)c1CN1CCN(C(=O)CN2C(=O)CCC2=O)CC1.Cl. The number of nitrogens with zero attached hydrogens (tertiary/aromatic N) is 4. The van der Waals surface area contributed by atoms with E-state index < -0.39 is 0 Å². The normalized spacial score (nSPS) is 18.6. The number of carbonyl (C=O) groups is 3. The van der Waals surface area contributed by atoms with Crippen LogP contribution in [0, 0.1) is 13.8 Å². The monoisotopic (exact) mass is 370 g/mol. The Balaban J connectivity index is 0.00000225. The lowest BCUT2D eigenvalue weighted by molar-refractivity contribution is -0.146. The molecule has 1 aromatic heterocycles. The molecule has 138 valence electrons. The van der Waals surface area contributed by atoms with Crippen molar-refractivity contribution >= 4 is 30.1 Å². The van der Waals surface area contributed by atoms with Crippen molar-refractivity contribution < 1.29 is 18.9 Å². The molecule has 0 unspecified atom stereocenters. The van der Waals surface area contributed by atoms with Crippen LogP contribution >= 0.6 is 12.4 Å². The van der Waals surface area contributed by atoms with Gasteiger partial charge in [-0.15, -0.1) is 12.4 Å². The molecule has 0 atom stereocenters. The van der Waals surface area contributed by atoms with Crippen LogP contribution in [0.3, 0.4) is 0 Å². The van der Waals surface area contributed by atoms with Crippen molar-refractivity contribution in [3.05, 3.63) is 17.0 Å². The molecule has 2 aliphatic heterocycles. The van der Waals surface area contributed by atoms with E-state index in [2.05, 4.69) is 10.1 Å². The molecule has 2 saturated heterocycles. The first-order chi connectivity index (χ1) is 11.5. The number of hydrogen-bond donors (Lipinski definition) is 0. The third-order valence-electron chi connectivity index (χ3n) is 4.74. The zero-order chi connectivity index (χ0) is 17.3. The molecule has 8 nitrogen and oxygen atoms in total. The Labute approximate surface area is 152 Å². The van der Waals surface area contributed by atoms with Gasteiger partial charge in [0.1, 0.15) is 12.3 Å². The molecule has 0 bridgehead atoms. The molecular weight excluding hydrogens is 348 g/mol. The number of carbonyl (C=O) groups excluding carboxylic acids is 3. The zero-order valence-electron chi connectivity index (χ0n) is 14.5. The van der Waals surface area contributed by atoms with E-state index in [9.17, 15) is 14.4 Å². The van der Waals surface area contributed by atoms with Crippen molar-refractivity contribution in [2.24, 2.45) is 0 Å². The van der Waals surface area contributed by atoms with Crippen LogP contribution in [0.2, 0.25) is 0 Å². The second-order valence-electron chi connectivity index (χ2n) is 6.33. The number of aromatic nitrogens is 1. The first kappa shape index (κ1) is 19.4. The maximum Gasteiger partial charge on any atom is 0.242 e. The lowest BCUT2D eigenvalue weighted by Gasteiger charge is -2.35. The van der Waals surface area contributed by atoms with E-state index in [1.165, 1.54) is 0 Å². The molecule has 3 heterocycles. The van der Waals surface area contributed by atoms with Gasteiger partial charge in [0.2, 0.25) is 17.7 Å². The van der Waals surface area contributed by atoms with Gasteiger partial charge in [0.05, 0.1) is 5.69 Å². The van der Waals surface area contributed by atoms with Crippen molar-refractivity contribution in [2.75, 3.05) is 32.7 Å². The summed E-state index contributed by atoms with van der Waals surface area (Å²) in [5.74, 6) is 0.184. The Morgan fingerprint density at radius 2 is 1.68 bits per heavy atom. The average molecular weight is 371 g/mol. The maximum atomic E-state index is 12.3. The number of imide groups is 1. The van der Waals surface area contributed by atoms with Crippen LogP contribution in [0.5, 0.6) is 0 Å². The molecule has 0 aliphatic carbocycles. The van der Waals surface area contributed by atoms with E-state index in [1.54, 1.807) is 4.90 Å². The molecule has 9 heteroatoms. The Morgan fingerprint density at radius 1 is 1.08 bits per heavy atom. The largest absolute Gasteiger partial charge is 0.361 e. The van der Waals surface area contributed by atoms with Crippen LogP contribution in [0.25, 0.3) is 0 Å². The summed E-state index contributed by atoms with van der Waals surface area (Å²) >= 11 is 0. The molecule has 25 heavy (non-hydrogen) atoms. The standard InChI is InChI=1S/C16H22N4O4.ClH/c1-11-13(12(2)24-17-11)9-18-5-7-19(8-6-18)16(23)10-20-14(21)3-4-15(20)22;/h3-10H2,1-2H3;1H. The van der Waals surface area contributed by atoms with Crippen molar-refractivity contribution in [1.29, 1.82) is 0 Å². The molecule has 0 radical (unpaired) electrons.